The second-order valence-corrected chi connectivity index (χ2v) is 10.6. The van der Waals surface area contributed by atoms with Crippen LogP contribution in [0, 0.1) is 0 Å². The molecule has 1 aliphatic carbocycles. The van der Waals surface area contributed by atoms with Crippen LogP contribution in [-0.2, 0) is 17.6 Å². The van der Waals surface area contributed by atoms with Crippen molar-refractivity contribution in [1.29, 1.82) is 0 Å². The minimum absolute atomic E-state index is 0.0462. The predicted molar refractivity (Wildman–Crippen MR) is 140 cm³/mol. The average molecular weight is 532 g/mol. The summed E-state index contributed by atoms with van der Waals surface area (Å²) in [5.74, 6) is -0.144. The van der Waals surface area contributed by atoms with Crippen molar-refractivity contribution >= 4 is 11.6 Å². The summed E-state index contributed by atoms with van der Waals surface area (Å²) in [7, 11) is 0. The summed E-state index contributed by atoms with van der Waals surface area (Å²) in [4.78, 5) is 20.0. The summed E-state index contributed by atoms with van der Waals surface area (Å²) < 4.78 is 41.4. The minimum atomic E-state index is -4.42. The molecule has 3 N–H and O–H groups in total. The molecule has 9 heteroatoms. The fourth-order valence-corrected chi connectivity index (χ4v) is 5.31. The number of hydrogen-bond acceptors (Lipinski definition) is 5. The zero-order valence-corrected chi connectivity index (χ0v) is 21.8. The van der Waals surface area contributed by atoms with Crippen molar-refractivity contribution in [3.8, 4) is 0 Å². The molecular formula is C29H36F3N3O3. The Kier molecular flexibility index (Phi) is 8.78. The van der Waals surface area contributed by atoms with Gasteiger partial charge in [0.2, 0.25) is 0 Å². The monoisotopic (exact) mass is 531 g/mol. The molecule has 0 unspecified atom stereocenters. The van der Waals surface area contributed by atoms with E-state index in [4.69, 9.17) is 10.6 Å². The van der Waals surface area contributed by atoms with Crippen LogP contribution in [-0.4, -0.2) is 46.9 Å². The van der Waals surface area contributed by atoms with Crippen molar-refractivity contribution in [2.75, 3.05) is 19.7 Å². The van der Waals surface area contributed by atoms with E-state index >= 15 is 0 Å². The number of likely N-dealkylation sites (tertiary alicyclic amines) is 1. The number of oxime groups is 1. The molecule has 0 radical (unpaired) electrons. The lowest BCUT2D eigenvalue weighted by Crippen LogP contribution is -2.53. The number of nitrogens with zero attached hydrogens (tertiary/aromatic N) is 2. The smallest absolute Gasteiger partial charge is 0.394 e. The van der Waals surface area contributed by atoms with Crippen LogP contribution in [0.15, 0.2) is 47.6 Å². The van der Waals surface area contributed by atoms with Gasteiger partial charge in [0.05, 0.1) is 17.9 Å². The standard InChI is InChI=1S/C29H36F3N3O3/c1-20(22-8-10-24(11-9-22)27(37)35-15-13-28(33,19-36)14-16-35)34-38-18-21-7-12-25(23-5-3-2-4-6-23)26(17-21)29(30,31)32/h7-12,17,23,36H,2-6,13-16,18-19,33H2,1H3. The van der Waals surface area contributed by atoms with E-state index < -0.39 is 17.3 Å². The lowest BCUT2D eigenvalue weighted by Gasteiger charge is -2.38. The number of amides is 1. The zero-order valence-electron chi connectivity index (χ0n) is 21.8. The summed E-state index contributed by atoms with van der Waals surface area (Å²) in [6.07, 6.45) is 1.28. The van der Waals surface area contributed by atoms with Crippen molar-refractivity contribution in [3.05, 3.63) is 70.3 Å². The Hall–Kier alpha value is -2.91. The first kappa shape index (κ1) is 28.1. The maximum absolute atomic E-state index is 13.8. The van der Waals surface area contributed by atoms with Crippen LogP contribution in [0.4, 0.5) is 13.2 Å². The summed E-state index contributed by atoms with van der Waals surface area (Å²) in [6.45, 7) is 2.55. The molecule has 1 amide bonds. The second-order valence-electron chi connectivity index (χ2n) is 10.6. The van der Waals surface area contributed by atoms with E-state index in [0.29, 0.717) is 48.3 Å². The first-order valence-electron chi connectivity index (χ1n) is 13.3. The Labute approximate surface area is 221 Å². The van der Waals surface area contributed by atoms with Gasteiger partial charge in [-0.2, -0.15) is 13.2 Å². The van der Waals surface area contributed by atoms with Crippen LogP contribution in [0.1, 0.15) is 90.4 Å². The Balaban J connectivity index is 1.37. The molecule has 1 heterocycles. The van der Waals surface area contributed by atoms with Crippen LogP contribution in [0.25, 0.3) is 0 Å². The number of carbonyl (C=O) groups excluding carboxylic acids is 1. The molecule has 206 valence electrons. The average Bonchev–Trinajstić information content (AvgIpc) is 2.93. The fourth-order valence-electron chi connectivity index (χ4n) is 5.31. The van der Waals surface area contributed by atoms with E-state index in [1.165, 1.54) is 6.07 Å². The molecule has 4 rings (SSSR count). The van der Waals surface area contributed by atoms with Crippen molar-refractivity contribution in [2.45, 2.75) is 76.1 Å². The van der Waals surface area contributed by atoms with Gasteiger partial charge in [-0.05, 0) is 73.4 Å². The third kappa shape index (κ3) is 6.74. The van der Waals surface area contributed by atoms with E-state index in [2.05, 4.69) is 5.16 Å². The third-order valence-corrected chi connectivity index (χ3v) is 7.81. The lowest BCUT2D eigenvalue weighted by atomic mass is 9.81. The predicted octanol–water partition coefficient (Wildman–Crippen LogP) is 5.62. The molecule has 38 heavy (non-hydrogen) atoms. The number of carbonyl (C=O) groups is 1. The number of nitrogens with two attached hydrogens (primary N) is 1. The highest BCUT2D eigenvalue weighted by Gasteiger charge is 2.36. The Morgan fingerprint density at radius 1 is 1.08 bits per heavy atom. The van der Waals surface area contributed by atoms with Crippen LogP contribution in [0.3, 0.4) is 0 Å². The molecule has 1 aliphatic heterocycles. The number of piperidine rings is 1. The van der Waals surface area contributed by atoms with E-state index in [1.807, 2.05) is 0 Å². The molecule has 2 aromatic rings. The molecule has 2 fully saturated rings. The summed E-state index contributed by atoms with van der Waals surface area (Å²) in [6, 6.07) is 11.4. The third-order valence-electron chi connectivity index (χ3n) is 7.81. The highest BCUT2D eigenvalue weighted by Crippen LogP contribution is 2.41. The van der Waals surface area contributed by atoms with Crippen LogP contribution < -0.4 is 5.73 Å². The second kappa shape index (κ2) is 11.9. The number of halogens is 3. The molecule has 1 saturated carbocycles. The summed E-state index contributed by atoms with van der Waals surface area (Å²) in [5.41, 5.74) is 7.52. The summed E-state index contributed by atoms with van der Waals surface area (Å²) >= 11 is 0. The van der Waals surface area contributed by atoms with E-state index in [1.54, 1.807) is 48.2 Å². The van der Waals surface area contributed by atoms with E-state index in [0.717, 1.165) is 37.7 Å². The van der Waals surface area contributed by atoms with Gasteiger partial charge in [-0.15, -0.1) is 0 Å². The quantitative estimate of drug-likeness (QED) is 0.359. The molecule has 2 aromatic carbocycles. The highest BCUT2D eigenvalue weighted by molar-refractivity contribution is 6.00. The van der Waals surface area contributed by atoms with Crippen molar-refractivity contribution in [1.82, 2.24) is 4.90 Å². The number of hydrogen-bond donors (Lipinski definition) is 2. The van der Waals surface area contributed by atoms with Gasteiger partial charge >= 0.3 is 6.18 Å². The number of rotatable bonds is 7. The maximum atomic E-state index is 13.8. The van der Waals surface area contributed by atoms with Gasteiger partial charge in [-0.3, -0.25) is 4.79 Å². The van der Waals surface area contributed by atoms with Gasteiger partial charge in [0, 0.05) is 24.2 Å². The van der Waals surface area contributed by atoms with Gasteiger partial charge < -0.3 is 20.6 Å². The topological polar surface area (TPSA) is 88.2 Å². The largest absolute Gasteiger partial charge is 0.416 e. The van der Waals surface area contributed by atoms with Crippen molar-refractivity contribution in [3.63, 3.8) is 0 Å². The molecule has 0 atom stereocenters. The van der Waals surface area contributed by atoms with Gasteiger partial charge in [0.25, 0.3) is 5.91 Å². The van der Waals surface area contributed by atoms with Crippen LogP contribution >= 0.6 is 0 Å². The molecule has 0 spiro atoms. The molecule has 6 nitrogen and oxygen atoms in total. The van der Waals surface area contributed by atoms with E-state index in [-0.39, 0.29) is 25.0 Å². The zero-order chi connectivity index (χ0) is 27.3. The molecule has 0 aromatic heterocycles. The van der Waals surface area contributed by atoms with Gasteiger partial charge in [-0.25, -0.2) is 0 Å². The first-order chi connectivity index (χ1) is 18.1. The molecule has 1 saturated heterocycles. The molecule has 0 bridgehead atoms. The Morgan fingerprint density at radius 2 is 1.71 bits per heavy atom. The fraction of sp³-hybridized carbons (Fsp3) is 0.517. The molecular weight excluding hydrogens is 495 g/mol. The van der Waals surface area contributed by atoms with Gasteiger partial charge in [-0.1, -0.05) is 48.7 Å². The Morgan fingerprint density at radius 3 is 2.32 bits per heavy atom. The first-order valence-corrected chi connectivity index (χ1v) is 13.3. The van der Waals surface area contributed by atoms with Crippen LogP contribution in [0.5, 0.6) is 0 Å². The number of benzene rings is 2. The van der Waals surface area contributed by atoms with E-state index in [9.17, 15) is 23.1 Å². The maximum Gasteiger partial charge on any atom is 0.416 e. The number of aliphatic hydroxyl groups is 1. The highest BCUT2D eigenvalue weighted by atomic mass is 19.4. The van der Waals surface area contributed by atoms with Crippen molar-refractivity contribution < 1.29 is 27.9 Å². The lowest BCUT2D eigenvalue weighted by molar-refractivity contribution is -0.138. The van der Waals surface area contributed by atoms with Crippen molar-refractivity contribution in [2.24, 2.45) is 10.9 Å². The Bertz CT molecular complexity index is 1130. The normalized spacial score (nSPS) is 18.9. The van der Waals surface area contributed by atoms with Crippen LogP contribution in [0.2, 0.25) is 0 Å². The summed E-state index contributed by atoms with van der Waals surface area (Å²) in [5, 5.41) is 13.5. The molecule has 2 aliphatic rings. The van der Waals surface area contributed by atoms with Gasteiger partial charge in [0.15, 0.2) is 0 Å². The number of aliphatic hydroxyl groups excluding tert-OH is 1. The van der Waals surface area contributed by atoms with Gasteiger partial charge in [0.1, 0.15) is 6.61 Å². The minimum Gasteiger partial charge on any atom is -0.394 e. The SMILES string of the molecule is CC(=NOCc1ccc(C2CCCCC2)c(C(F)(F)F)c1)c1ccc(C(=O)N2CCC(N)(CO)CC2)cc1. The number of alkyl halides is 3.